The van der Waals surface area contributed by atoms with Crippen molar-refractivity contribution in [3.63, 3.8) is 0 Å². The Kier molecular flexibility index (Phi) is 4.81. The molecule has 0 atom stereocenters. The molecule has 2 aromatic rings. The van der Waals surface area contributed by atoms with Gasteiger partial charge in [0.25, 0.3) is 0 Å². The molecule has 0 amide bonds. The van der Waals surface area contributed by atoms with Crippen LogP contribution in [0.15, 0.2) is 70.9 Å². The summed E-state index contributed by atoms with van der Waals surface area (Å²) in [6, 6.07) is 19.1. The molecule has 0 fully saturated rings. The number of para-hydroxylation sites is 2. The molecule has 0 aromatic heterocycles. The molecule has 0 N–H and O–H groups in total. The van der Waals surface area contributed by atoms with Crippen molar-refractivity contribution in [3.8, 4) is 11.5 Å². The quantitative estimate of drug-likeness (QED) is 0.699. The van der Waals surface area contributed by atoms with Gasteiger partial charge in [-0.1, -0.05) is 36.4 Å². The molecule has 0 radical (unpaired) electrons. The van der Waals surface area contributed by atoms with Gasteiger partial charge in [0.2, 0.25) is 11.4 Å². The zero-order valence-corrected chi connectivity index (χ0v) is 13.5. The average molecular weight is 298 g/mol. The molecule has 2 aromatic carbocycles. The summed E-state index contributed by atoms with van der Waals surface area (Å²) in [7, 11) is 0. The normalized spacial score (nSPS) is 12.4. The Labute approximate surface area is 131 Å². The minimum Gasteiger partial charge on any atom is -0.465 e. The topological polar surface area (TPSA) is 43.2 Å². The molecule has 116 valence electrons. The third-order valence-electron chi connectivity index (χ3n) is 2.75. The second-order valence-electron chi connectivity index (χ2n) is 5.92. The summed E-state index contributed by atoms with van der Waals surface area (Å²) in [6.07, 6.45) is 0. The van der Waals surface area contributed by atoms with E-state index in [1.54, 1.807) is 0 Å². The van der Waals surface area contributed by atoms with E-state index in [0.717, 1.165) is 11.5 Å². The monoisotopic (exact) mass is 298 g/mol. The van der Waals surface area contributed by atoms with Gasteiger partial charge >= 0.3 is 0 Å². The number of hydrogen-bond acceptors (Lipinski definition) is 4. The van der Waals surface area contributed by atoms with Crippen LogP contribution in [0.3, 0.4) is 0 Å². The SMILES string of the molecule is CC(C)(/N=N/C(C)(C)Oc1ccccc1)Oc1ccccc1. The van der Waals surface area contributed by atoms with Crippen LogP contribution in [0.4, 0.5) is 0 Å². The van der Waals surface area contributed by atoms with Crippen molar-refractivity contribution in [2.45, 2.75) is 39.1 Å². The maximum absolute atomic E-state index is 5.83. The van der Waals surface area contributed by atoms with Gasteiger partial charge in [-0.25, -0.2) is 0 Å². The van der Waals surface area contributed by atoms with Crippen molar-refractivity contribution in [3.05, 3.63) is 60.7 Å². The first kappa shape index (κ1) is 16.0. The average Bonchev–Trinajstić information content (AvgIpc) is 2.47. The number of azo groups is 1. The third-order valence-corrected chi connectivity index (χ3v) is 2.75. The Balaban J connectivity index is 2.02. The molecule has 0 bridgehead atoms. The Bertz CT molecular complexity index is 552. The molecule has 4 heteroatoms. The molecule has 0 aliphatic heterocycles. The van der Waals surface area contributed by atoms with Gasteiger partial charge in [0.1, 0.15) is 11.5 Å². The highest BCUT2D eigenvalue weighted by Gasteiger charge is 2.23. The highest BCUT2D eigenvalue weighted by molar-refractivity contribution is 5.22. The smallest absolute Gasteiger partial charge is 0.213 e. The van der Waals surface area contributed by atoms with E-state index >= 15 is 0 Å². The van der Waals surface area contributed by atoms with Crippen molar-refractivity contribution < 1.29 is 9.47 Å². The summed E-state index contributed by atoms with van der Waals surface area (Å²) in [5.41, 5.74) is -1.53. The van der Waals surface area contributed by atoms with Crippen LogP contribution in [-0.2, 0) is 0 Å². The van der Waals surface area contributed by atoms with Gasteiger partial charge in [-0.15, -0.1) is 10.2 Å². The van der Waals surface area contributed by atoms with Crippen LogP contribution in [0.1, 0.15) is 27.7 Å². The molecule has 22 heavy (non-hydrogen) atoms. The summed E-state index contributed by atoms with van der Waals surface area (Å²) in [5.74, 6) is 1.52. The predicted molar refractivity (Wildman–Crippen MR) is 87.2 cm³/mol. The van der Waals surface area contributed by atoms with Crippen LogP contribution >= 0.6 is 0 Å². The van der Waals surface area contributed by atoms with Crippen LogP contribution in [0.5, 0.6) is 11.5 Å². The van der Waals surface area contributed by atoms with Crippen molar-refractivity contribution in [1.82, 2.24) is 0 Å². The van der Waals surface area contributed by atoms with Gasteiger partial charge in [-0.2, -0.15) is 0 Å². The molecule has 0 aliphatic rings. The van der Waals surface area contributed by atoms with E-state index in [1.165, 1.54) is 0 Å². The van der Waals surface area contributed by atoms with E-state index < -0.39 is 11.4 Å². The standard InChI is InChI=1S/C18H22N2O2/c1-17(2,21-15-11-7-5-8-12-15)19-20-18(3,4)22-16-13-9-6-10-14-16/h5-14H,1-4H3/b20-19+. The first-order valence-electron chi connectivity index (χ1n) is 7.29. The molecule has 0 saturated carbocycles. The van der Waals surface area contributed by atoms with Gasteiger partial charge in [0.15, 0.2) is 0 Å². The van der Waals surface area contributed by atoms with E-state index in [4.69, 9.17) is 9.47 Å². The van der Waals surface area contributed by atoms with E-state index in [9.17, 15) is 0 Å². The first-order valence-corrected chi connectivity index (χ1v) is 7.29. The van der Waals surface area contributed by atoms with E-state index in [0.29, 0.717) is 0 Å². The Morgan fingerprint density at radius 3 is 1.23 bits per heavy atom. The minimum atomic E-state index is -0.765. The van der Waals surface area contributed by atoms with Gasteiger partial charge in [-0.05, 0) is 52.0 Å². The number of rotatable bonds is 6. The lowest BCUT2D eigenvalue weighted by atomic mass is 10.3. The molecule has 0 heterocycles. The van der Waals surface area contributed by atoms with Gasteiger partial charge in [0.05, 0.1) is 0 Å². The molecular formula is C18H22N2O2. The van der Waals surface area contributed by atoms with E-state index in [1.807, 2.05) is 88.4 Å². The number of nitrogens with zero attached hydrogens (tertiary/aromatic N) is 2. The van der Waals surface area contributed by atoms with Gasteiger partial charge in [0, 0.05) is 0 Å². The second-order valence-corrected chi connectivity index (χ2v) is 5.92. The lowest BCUT2D eigenvalue weighted by molar-refractivity contribution is 0.0720. The summed E-state index contributed by atoms with van der Waals surface area (Å²) < 4.78 is 11.7. The number of benzene rings is 2. The van der Waals surface area contributed by atoms with Crippen LogP contribution in [0, 0.1) is 0 Å². The summed E-state index contributed by atoms with van der Waals surface area (Å²) in [5, 5.41) is 8.59. The number of hydrogen-bond donors (Lipinski definition) is 0. The van der Waals surface area contributed by atoms with E-state index in [-0.39, 0.29) is 0 Å². The Morgan fingerprint density at radius 1 is 0.591 bits per heavy atom. The molecule has 0 unspecified atom stereocenters. The van der Waals surface area contributed by atoms with Gasteiger partial charge < -0.3 is 9.47 Å². The maximum atomic E-state index is 5.83. The second kappa shape index (κ2) is 6.60. The summed E-state index contributed by atoms with van der Waals surface area (Å²) in [6.45, 7) is 7.45. The molecular weight excluding hydrogens is 276 g/mol. The summed E-state index contributed by atoms with van der Waals surface area (Å²) >= 11 is 0. The fourth-order valence-corrected chi connectivity index (χ4v) is 1.84. The lowest BCUT2D eigenvalue weighted by Gasteiger charge is -2.25. The van der Waals surface area contributed by atoms with Crippen LogP contribution < -0.4 is 9.47 Å². The summed E-state index contributed by atoms with van der Waals surface area (Å²) in [4.78, 5) is 0. The molecule has 0 saturated heterocycles. The Hall–Kier alpha value is -2.36. The first-order chi connectivity index (χ1) is 10.4. The van der Waals surface area contributed by atoms with E-state index in [2.05, 4.69) is 10.2 Å². The third kappa shape index (κ3) is 5.20. The molecule has 2 rings (SSSR count). The number of ether oxygens (including phenoxy) is 2. The predicted octanol–water partition coefficient (Wildman–Crippen LogP) is 5.07. The van der Waals surface area contributed by atoms with Gasteiger partial charge in [-0.3, -0.25) is 0 Å². The van der Waals surface area contributed by atoms with Crippen molar-refractivity contribution >= 4 is 0 Å². The van der Waals surface area contributed by atoms with Crippen LogP contribution in [-0.4, -0.2) is 11.4 Å². The van der Waals surface area contributed by atoms with Crippen molar-refractivity contribution in [2.75, 3.05) is 0 Å². The maximum Gasteiger partial charge on any atom is 0.213 e. The van der Waals surface area contributed by atoms with Crippen molar-refractivity contribution in [2.24, 2.45) is 10.2 Å². The minimum absolute atomic E-state index is 0.758. The zero-order chi connectivity index (χ0) is 16.1. The molecule has 0 spiro atoms. The van der Waals surface area contributed by atoms with Crippen LogP contribution in [0.25, 0.3) is 0 Å². The zero-order valence-electron chi connectivity index (χ0n) is 13.5. The highest BCUT2D eigenvalue weighted by Crippen LogP contribution is 2.23. The highest BCUT2D eigenvalue weighted by atomic mass is 16.5. The lowest BCUT2D eigenvalue weighted by Crippen LogP contribution is -2.29. The fourth-order valence-electron chi connectivity index (χ4n) is 1.84. The van der Waals surface area contributed by atoms with Crippen molar-refractivity contribution in [1.29, 1.82) is 0 Å². The Morgan fingerprint density at radius 2 is 0.909 bits per heavy atom. The molecule has 4 nitrogen and oxygen atoms in total. The molecule has 0 aliphatic carbocycles. The largest absolute Gasteiger partial charge is 0.465 e. The fraction of sp³-hybridized carbons (Fsp3) is 0.333. The van der Waals surface area contributed by atoms with Crippen LogP contribution in [0.2, 0.25) is 0 Å².